The lowest BCUT2D eigenvalue weighted by atomic mass is 10.2. The van der Waals surface area contributed by atoms with E-state index in [4.69, 9.17) is 11.6 Å². The summed E-state index contributed by atoms with van der Waals surface area (Å²) in [6, 6.07) is 5.28. The standard InChI is InChI=1S/C13H13ClN4O2S/c1-7-3-4-9(14)5-10(7)16-12(20)8(2)21-13-17-11(19)6-15-18-13/h3-6,8H,1-2H3,(H,16,20)(H,17,18,19). The fourth-order valence-corrected chi connectivity index (χ4v) is 2.46. The molecule has 6 nitrogen and oxygen atoms in total. The first kappa shape index (κ1) is 15.5. The van der Waals surface area contributed by atoms with Gasteiger partial charge in [0.2, 0.25) is 5.91 Å². The highest BCUT2D eigenvalue weighted by Crippen LogP contribution is 2.23. The maximum absolute atomic E-state index is 12.2. The second-order valence-corrected chi connectivity index (χ2v) is 6.11. The Kier molecular flexibility index (Phi) is 4.98. The summed E-state index contributed by atoms with van der Waals surface area (Å²) < 4.78 is 0. The van der Waals surface area contributed by atoms with Gasteiger partial charge in [-0.15, -0.1) is 5.10 Å². The number of aryl methyl sites for hydroxylation is 1. The number of halogens is 1. The van der Waals surface area contributed by atoms with Crippen LogP contribution in [0, 0.1) is 6.92 Å². The highest BCUT2D eigenvalue weighted by molar-refractivity contribution is 8.00. The fourth-order valence-electron chi connectivity index (χ4n) is 1.53. The Balaban J connectivity index is 2.06. The first-order valence-corrected chi connectivity index (χ1v) is 7.37. The van der Waals surface area contributed by atoms with Crippen LogP contribution >= 0.6 is 23.4 Å². The maximum Gasteiger partial charge on any atom is 0.270 e. The fraction of sp³-hybridized carbons (Fsp3) is 0.231. The molecule has 0 aliphatic heterocycles. The summed E-state index contributed by atoms with van der Waals surface area (Å²) in [4.78, 5) is 25.8. The second-order valence-electron chi connectivity index (χ2n) is 4.35. The summed E-state index contributed by atoms with van der Waals surface area (Å²) in [5, 5.41) is 10.5. The molecule has 0 saturated heterocycles. The summed E-state index contributed by atoms with van der Waals surface area (Å²) in [6.07, 6.45) is 1.07. The van der Waals surface area contributed by atoms with Gasteiger partial charge in [0.25, 0.3) is 5.56 Å². The number of thioether (sulfide) groups is 1. The van der Waals surface area contributed by atoms with E-state index in [2.05, 4.69) is 20.5 Å². The molecular weight excluding hydrogens is 312 g/mol. The first-order chi connectivity index (χ1) is 9.95. The van der Waals surface area contributed by atoms with Crippen LogP contribution in [0.25, 0.3) is 0 Å². The first-order valence-electron chi connectivity index (χ1n) is 6.11. The SMILES string of the molecule is Cc1ccc(Cl)cc1NC(=O)C(C)Sc1nncc(=O)[nH]1. The van der Waals surface area contributed by atoms with E-state index < -0.39 is 5.25 Å². The highest BCUT2D eigenvalue weighted by Gasteiger charge is 2.17. The molecule has 1 unspecified atom stereocenters. The molecule has 0 spiro atoms. The zero-order valence-corrected chi connectivity index (χ0v) is 13.0. The molecule has 2 aromatic rings. The van der Waals surface area contributed by atoms with E-state index in [9.17, 15) is 9.59 Å². The van der Waals surface area contributed by atoms with E-state index in [-0.39, 0.29) is 11.5 Å². The molecule has 2 rings (SSSR count). The summed E-state index contributed by atoms with van der Waals surface area (Å²) in [7, 11) is 0. The Bertz CT molecular complexity index is 719. The molecule has 8 heteroatoms. The van der Waals surface area contributed by atoms with Crippen molar-refractivity contribution in [3.05, 3.63) is 45.3 Å². The lowest BCUT2D eigenvalue weighted by molar-refractivity contribution is -0.115. The molecular formula is C13H13ClN4O2S. The van der Waals surface area contributed by atoms with E-state index in [0.29, 0.717) is 15.9 Å². The van der Waals surface area contributed by atoms with Crippen LogP contribution in [0.2, 0.25) is 5.02 Å². The number of hydrogen-bond donors (Lipinski definition) is 2. The number of nitrogens with one attached hydrogen (secondary N) is 2. The zero-order valence-electron chi connectivity index (χ0n) is 11.4. The predicted molar refractivity (Wildman–Crippen MR) is 82.8 cm³/mol. The van der Waals surface area contributed by atoms with Gasteiger partial charge >= 0.3 is 0 Å². The van der Waals surface area contributed by atoms with Crippen LogP contribution in [-0.4, -0.2) is 26.3 Å². The predicted octanol–water partition coefficient (Wildman–Crippen LogP) is 2.25. The van der Waals surface area contributed by atoms with Crippen molar-refractivity contribution >= 4 is 35.0 Å². The van der Waals surface area contributed by atoms with E-state index in [1.54, 1.807) is 19.1 Å². The molecule has 0 bridgehead atoms. The van der Waals surface area contributed by atoms with Gasteiger partial charge in [-0.1, -0.05) is 29.4 Å². The number of aromatic amines is 1. The molecule has 21 heavy (non-hydrogen) atoms. The topological polar surface area (TPSA) is 87.7 Å². The highest BCUT2D eigenvalue weighted by atomic mass is 35.5. The van der Waals surface area contributed by atoms with Crippen LogP contribution in [0.5, 0.6) is 0 Å². The molecule has 0 radical (unpaired) electrons. The molecule has 0 aliphatic rings. The summed E-state index contributed by atoms with van der Waals surface area (Å²) in [5.74, 6) is -0.211. The Morgan fingerprint density at radius 2 is 2.24 bits per heavy atom. The van der Waals surface area contributed by atoms with Crippen molar-refractivity contribution < 1.29 is 4.79 Å². The number of anilines is 1. The average molecular weight is 325 g/mol. The number of carbonyl (C=O) groups excluding carboxylic acids is 1. The molecule has 1 heterocycles. The van der Waals surface area contributed by atoms with Crippen molar-refractivity contribution in [3.8, 4) is 0 Å². The number of amides is 1. The number of carbonyl (C=O) groups is 1. The third-order valence-corrected chi connectivity index (χ3v) is 3.88. The minimum atomic E-state index is -0.448. The van der Waals surface area contributed by atoms with E-state index in [1.165, 1.54) is 0 Å². The zero-order chi connectivity index (χ0) is 15.4. The molecule has 0 fully saturated rings. The Morgan fingerprint density at radius 1 is 1.48 bits per heavy atom. The van der Waals surface area contributed by atoms with Crippen LogP contribution in [0.4, 0.5) is 5.69 Å². The summed E-state index contributed by atoms with van der Waals surface area (Å²) in [5.41, 5.74) is 1.22. The number of benzene rings is 1. The van der Waals surface area contributed by atoms with E-state index in [0.717, 1.165) is 23.5 Å². The summed E-state index contributed by atoms with van der Waals surface area (Å²) in [6.45, 7) is 3.59. The van der Waals surface area contributed by atoms with Gasteiger partial charge in [-0.05, 0) is 31.5 Å². The third-order valence-electron chi connectivity index (χ3n) is 2.67. The minimum absolute atomic E-state index is 0.211. The normalized spacial score (nSPS) is 12.0. The van der Waals surface area contributed by atoms with Gasteiger partial charge in [0.15, 0.2) is 5.16 Å². The van der Waals surface area contributed by atoms with Crippen molar-refractivity contribution in [1.82, 2.24) is 15.2 Å². The molecule has 110 valence electrons. The molecule has 2 N–H and O–H groups in total. The van der Waals surface area contributed by atoms with Gasteiger partial charge in [0.05, 0.1) is 5.25 Å². The van der Waals surface area contributed by atoms with Crippen molar-refractivity contribution in [1.29, 1.82) is 0 Å². The van der Waals surface area contributed by atoms with Gasteiger partial charge in [-0.25, -0.2) is 0 Å². The van der Waals surface area contributed by atoms with E-state index in [1.807, 2.05) is 13.0 Å². The van der Waals surface area contributed by atoms with Crippen LogP contribution < -0.4 is 10.9 Å². The Labute approximate surface area is 130 Å². The minimum Gasteiger partial charge on any atom is -0.325 e. The second kappa shape index (κ2) is 6.73. The summed E-state index contributed by atoms with van der Waals surface area (Å²) >= 11 is 7.03. The molecule has 0 saturated carbocycles. The largest absolute Gasteiger partial charge is 0.325 e. The van der Waals surface area contributed by atoms with Crippen molar-refractivity contribution in [2.45, 2.75) is 24.3 Å². The monoisotopic (exact) mass is 324 g/mol. The van der Waals surface area contributed by atoms with Gasteiger partial charge in [-0.3, -0.25) is 14.6 Å². The molecule has 1 atom stereocenters. The van der Waals surface area contributed by atoms with Crippen molar-refractivity contribution in [2.24, 2.45) is 0 Å². The van der Waals surface area contributed by atoms with Crippen molar-refractivity contribution in [2.75, 3.05) is 5.32 Å². The van der Waals surface area contributed by atoms with E-state index >= 15 is 0 Å². The van der Waals surface area contributed by atoms with Gasteiger partial charge in [0, 0.05) is 10.7 Å². The smallest absolute Gasteiger partial charge is 0.270 e. The number of hydrogen-bond acceptors (Lipinski definition) is 5. The number of rotatable bonds is 4. The van der Waals surface area contributed by atoms with Gasteiger partial charge in [-0.2, -0.15) is 5.10 Å². The maximum atomic E-state index is 12.2. The molecule has 1 aromatic carbocycles. The van der Waals surface area contributed by atoms with Crippen LogP contribution in [0.15, 0.2) is 34.3 Å². The lowest BCUT2D eigenvalue weighted by Crippen LogP contribution is -2.23. The Hall–Kier alpha value is -1.86. The van der Waals surface area contributed by atoms with Crippen molar-refractivity contribution in [3.63, 3.8) is 0 Å². The van der Waals surface area contributed by atoms with Crippen LogP contribution in [-0.2, 0) is 4.79 Å². The van der Waals surface area contributed by atoms with Crippen LogP contribution in [0.1, 0.15) is 12.5 Å². The van der Waals surface area contributed by atoms with Gasteiger partial charge < -0.3 is 5.32 Å². The molecule has 1 amide bonds. The number of H-pyrrole nitrogens is 1. The average Bonchev–Trinajstić information content (AvgIpc) is 2.43. The quantitative estimate of drug-likeness (QED) is 0.842. The van der Waals surface area contributed by atoms with Gasteiger partial charge in [0.1, 0.15) is 6.20 Å². The number of nitrogens with zero attached hydrogens (tertiary/aromatic N) is 2. The molecule has 1 aromatic heterocycles. The number of aromatic nitrogens is 3. The lowest BCUT2D eigenvalue weighted by Gasteiger charge is -2.13. The third kappa shape index (κ3) is 4.30. The van der Waals surface area contributed by atoms with Crippen LogP contribution in [0.3, 0.4) is 0 Å². The molecule has 0 aliphatic carbocycles. The Morgan fingerprint density at radius 3 is 2.95 bits per heavy atom.